The predicted molar refractivity (Wildman–Crippen MR) is 129 cm³/mol. The quantitative estimate of drug-likeness (QED) is 0.220. The molecule has 2 aromatic carbocycles. The Balaban J connectivity index is 1.47. The normalized spacial score (nSPS) is 17.0. The van der Waals surface area contributed by atoms with Crippen molar-refractivity contribution in [1.29, 1.82) is 5.26 Å². The summed E-state index contributed by atoms with van der Waals surface area (Å²) in [6.07, 6.45) is 3.84. The molecule has 0 spiro atoms. The summed E-state index contributed by atoms with van der Waals surface area (Å²) < 4.78 is 6.01. The molecule has 166 valence electrons. The van der Waals surface area contributed by atoms with E-state index in [2.05, 4.69) is 45.1 Å². The van der Waals surface area contributed by atoms with Crippen LogP contribution >= 0.6 is 0 Å². The van der Waals surface area contributed by atoms with Crippen LogP contribution in [0.3, 0.4) is 0 Å². The highest BCUT2D eigenvalue weighted by molar-refractivity contribution is 5.94. The molecule has 2 aromatic heterocycles. The van der Waals surface area contributed by atoms with Crippen molar-refractivity contribution in [3.63, 3.8) is 0 Å². The van der Waals surface area contributed by atoms with E-state index in [-0.39, 0.29) is 6.04 Å². The van der Waals surface area contributed by atoms with Gasteiger partial charge in [0.25, 0.3) is 6.01 Å². The van der Waals surface area contributed by atoms with Gasteiger partial charge >= 0.3 is 0 Å². The van der Waals surface area contributed by atoms with E-state index >= 15 is 0 Å². The van der Waals surface area contributed by atoms with Gasteiger partial charge in [-0.3, -0.25) is 10.3 Å². The lowest BCUT2D eigenvalue weighted by atomic mass is 10.00. The number of hydrogen-bond acceptors (Lipinski definition) is 6. The van der Waals surface area contributed by atoms with E-state index in [9.17, 15) is 5.26 Å². The summed E-state index contributed by atoms with van der Waals surface area (Å²) in [6.45, 7) is 6.46. The molecule has 4 aromatic rings. The van der Waals surface area contributed by atoms with E-state index in [4.69, 9.17) is 9.41 Å². The first-order valence-electron chi connectivity index (χ1n) is 11.1. The number of oxazole rings is 1. The van der Waals surface area contributed by atoms with Gasteiger partial charge in [-0.15, -0.1) is 0 Å². The average molecular weight is 440 g/mol. The number of pyridine rings is 1. The smallest absolute Gasteiger partial charge is 0.298 e. The molecule has 0 saturated carbocycles. The largest absolute Gasteiger partial charge is 0.423 e. The van der Waals surface area contributed by atoms with Crippen molar-refractivity contribution in [2.24, 2.45) is 10.9 Å². The molecule has 0 aliphatic carbocycles. The highest BCUT2D eigenvalue weighted by Crippen LogP contribution is 2.28. The molecule has 0 radical (unpaired) electrons. The molecule has 1 fully saturated rings. The third kappa shape index (κ3) is 4.05. The Morgan fingerprint density at radius 3 is 2.79 bits per heavy atom. The second-order valence-corrected chi connectivity index (χ2v) is 8.43. The number of nitriles is 1. The van der Waals surface area contributed by atoms with Crippen molar-refractivity contribution in [3.8, 4) is 6.19 Å². The molecule has 1 N–H and O–H groups in total. The number of piperazine rings is 1. The second-order valence-electron chi connectivity index (χ2n) is 8.43. The van der Waals surface area contributed by atoms with Gasteiger partial charge in [0.05, 0.1) is 17.2 Å². The predicted octanol–water partition coefficient (Wildman–Crippen LogP) is 4.28. The van der Waals surface area contributed by atoms with E-state index < -0.39 is 0 Å². The number of benzene rings is 2. The van der Waals surface area contributed by atoms with Crippen molar-refractivity contribution < 1.29 is 4.42 Å². The van der Waals surface area contributed by atoms with E-state index in [0.29, 0.717) is 37.5 Å². The van der Waals surface area contributed by atoms with Crippen molar-refractivity contribution >= 4 is 39.7 Å². The van der Waals surface area contributed by atoms with Crippen molar-refractivity contribution in [3.05, 3.63) is 60.8 Å². The number of rotatable bonds is 3. The van der Waals surface area contributed by atoms with Crippen LogP contribution in [0.25, 0.3) is 22.0 Å². The van der Waals surface area contributed by atoms with Crippen molar-refractivity contribution in [2.45, 2.75) is 19.9 Å². The van der Waals surface area contributed by atoms with Crippen LogP contribution < -0.4 is 10.2 Å². The summed E-state index contributed by atoms with van der Waals surface area (Å²) in [7, 11) is 0. The van der Waals surface area contributed by atoms with Crippen LogP contribution in [0.1, 0.15) is 13.8 Å². The topological polar surface area (TPSA) is 93.6 Å². The molecule has 1 unspecified atom stereocenters. The van der Waals surface area contributed by atoms with Gasteiger partial charge in [0, 0.05) is 31.2 Å². The van der Waals surface area contributed by atoms with Gasteiger partial charge in [0.1, 0.15) is 5.52 Å². The molecule has 8 nitrogen and oxygen atoms in total. The summed E-state index contributed by atoms with van der Waals surface area (Å²) in [5.74, 6) is 0.863. The van der Waals surface area contributed by atoms with Crippen molar-refractivity contribution in [1.82, 2.24) is 20.2 Å². The summed E-state index contributed by atoms with van der Waals surface area (Å²) in [5, 5.41) is 13.3. The number of aliphatic imine (C=N–C) groups is 1. The maximum absolute atomic E-state index is 9.48. The Morgan fingerprint density at radius 2 is 1.97 bits per heavy atom. The summed E-state index contributed by atoms with van der Waals surface area (Å²) in [5.41, 5.74) is 3.29. The minimum absolute atomic E-state index is 0.112. The van der Waals surface area contributed by atoms with Crippen LogP contribution in [0.4, 0.5) is 11.7 Å². The zero-order valence-corrected chi connectivity index (χ0v) is 18.6. The maximum atomic E-state index is 9.48. The first-order valence-corrected chi connectivity index (χ1v) is 11.1. The Kier molecular flexibility index (Phi) is 5.53. The maximum Gasteiger partial charge on any atom is 0.298 e. The molecule has 1 aliphatic rings. The Hall–Kier alpha value is -4.12. The molecule has 1 saturated heterocycles. The first kappa shape index (κ1) is 20.8. The monoisotopic (exact) mass is 439 g/mol. The highest BCUT2D eigenvalue weighted by Gasteiger charge is 2.33. The molecule has 8 heteroatoms. The fourth-order valence-electron chi connectivity index (χ4n) is 4.33. The average Bonchev–Trinajstić information content (AvgIpc) is 3.28. The Labute approximate surface area is 192 Å². The Morgan fingerprint density at radius 1 is 1.12 bits per heavy atom. The van der Waals surface area contributed by atoms with E-state index in [1.54, 1.807) is 6.20 Å². The minimum atomic E-state index is 0.112. The summed E-state index contributed by atoms with van der Waals surface area (Å²) in [4.78, 5) is 18.3. The zero-order chi connectivity index (χ0) is 22.8. The SMILES string of the molecule is CC(C)C1CN(c2nc3ccccc3o2)CCN1C(=Nc1cccc2ncccc12)NC#N. The lowest BCUT2D eigenvalue weighted by Gasteiger charge is -2.43. The van der Waals surface area contributed by atoms with Crippen LogP contribution in [0, 0.1) is 17.4 Å². The van der Waals surface area contributed by atoms with Crippen LogP contribution in [0.5, 0.6) is 0 Å². The third-order valence-electron chi connectivity index (χ3n) is 6.03. The lowest BCUT2D eigenvalue weighted by molar-refractivity contribution is 0.216. The van der Waals surface area contributed by atoms with E-state index in [1.165, 1.54) is 0 Å². The number of fused-ring (bicyclic) bond motifs is 2. The summed E-state index contributed by atoms with van der Waals surface area (Å²) >= 11 is 0. The second kappa shape index (κ2) is 8.79. The van der Waals surface area contributed by atoms with Gasteiger partial charge in [-0.05, 0) is 42.3 Å². The number of hydrogen-bond donors (Lipinski definition) is 1. The number of anilines is 1. The van der Waals surface area contributed by atoms with Crippen LogP contribution in [0.15, 0.2) is 70.2 Å². The number of aromatic nitrogens is 2. The molecule has 3 heterocycles. The molecule has 0 bridgehead atoms. The molecule has 1 aliphatic heterocycles. The summed E-state index contributed by atoms with van der Waals surface area (Å²) in [6, 6.07) is 18.3. The van der Waals surface area contributed by atoms with Crippen LogP contribution in [0.2, 0.25) is 0 Å². The molecule has 0 amide bonds. The number of nitrogens with one attached hydrogen (secondary N) is 1. The minimum Gasteiger partial charge on any atom is -0.423 e. The first-order chi connectivity index (χ1) is 16.1. The number of para-hydroxylation sites is 2. The fourth-order valence-corrected chi connectivity index (χ4v) is 4.33. The van der Waals surface area contributed by atoms with Crippen molar-refractivity contribution in [2.75, 3.05) is 24.5 Å². The number of guanidine groups is 1. The van der Waals surface area contributed by atoms with Gasteiger partial charge in [-0.25, -0.2) is 4.99 Å². The standard InChI is InChI=1S/C25H25N7O/c1-17(2)22-15-31(25-30-21-8-3-4-11-23(21)33-25)13-14-32(22)24(28-16-26)29-20-10-5-9-19-18(20)7-6-12-27-19/h3-12,17,22H,13-15H2,1-2H3,(H,28,29). The molecule has 1 atom stereocenters. The number of nitrogens with zero attached hydrogens (tertiary/aromatic N) is 6. The van der Waals surface area contributed by atoms with Crippen LogP contribution in [-0.2, 0) is 0 Å². The van der Waals surface area contributed by atoms with Gasteiger partial charge in [0.15, 0.2) is 11.8 Å². The van der Waals surface area contributed by atoms with Gasteiger partial charge in [0.2, 0.25) is 5.96 Å². The molecule has 5 rings (SSSR count). The molecular formula is C25H25N7O. The zero-order valence-electron chi connectivity index (χ0n) is 18.6. The Bertz CT molecular complexity index is 1320. The van der Waals surface area contributed by atoms with Gasteiger partial charge < -0.3 is 14.2 Å². The van der Waals surface area contributed by atoms with Gasteiger partial charge in [-0.2, -0.15) is 10.2 Å². The molecule has 33 heavy (non-hydrogen) atoms. The highest BCUT2D eigenvalue weighted by atomic mass is 16.4. The molecular weight excluding hydrogens is 414 g/mol. The fraction of sp³-hybridized carbons (Fsp3) is 0.280. The lowest BCUT2D eigenvalue weighted by Crippen LogP contribution is -2.59. The van der Waals surface area contributed by atoms with E-state index in [1.807, 2.05) is 54.6 Å². The van der Waals surface area contributed by atoms with Crippen LogP contribution in [-0.4, -0.2) is 46.5 Å². The third-order valence-corrected chi connectivity index (χ3v) is 6.03. The van der Waals surface area contributed by atoms with Gasteiger partial charge in [-0.1, -0.05) is 32.0 Å². The van der Waals surface area contributed by atoms with E-state index in [0.717, 1.165) is 27.7 Å².